The second-order valence-corrected chi connectivity index (χ2v) is 6.71. The van der Waals surface area contributed by atoms with Crippen LogP contribution in [-0.4, -0.2) is 38.1 Å². The smallest absolute Gasteiger partial charge is 0.258 e. The Bertz CT molecular complexity index is 932. The SMILES string of the molecule is Cc1nc(C[C@H]2CCCN(Cc3nc4ccccc4c(=O)[nH]3)C2)no1. The zero-order valence-corrected chi connectivity index (χ0v) is 14.2. The van der Waals surface area contributed by atoms with Crippen molar-refractivity contribution in [3.63, 3.8) is 0 Å². The third kappa shape index (κ3) is 3.61. The van der Waals surface area contributed by atoms with Gasteiger partial charge in [-0.1, -0.05) is 17.3 Å². The zero-order valence-electron chi connectivity index (χ0n) is 14.2. The van der Waals surface area contributed by atoms with E-state index in [1.807, 2.05) is 25.1 Å². The largest absolute Gasteiger partial charge is 0.340 e. The highest BCUT2D eigenvalue weighted by molar-refractivity contribution is 5.77. The summed E-state index contributed by atoms with van der Waals surface area (Å²) in [6, 6.07) is 7.44. The van der Waals surface area contributed by atoms with Gasteiger partial charge >= 0.3 is 0 Å². The molecule has 0 spiro atoms. The lowest BCUT2D eigenvalue weighted by Crippen LogP contribution is -2.36. The number of fused-ring (bicyclic) bond motifs is 1. The van der Waals surface area contributed by atoms with Gasteiger partial charge in [-0.25, -0.2) is 4.98 Å². The Hall–Kier alpha value is -2.54. The standard InChI is InChI=1S/C18H21N5O2/c1-12-19-16(22-25-12)9-13-5-4-8-23(10-13)11-17-20-15-7-3-2-6-14(15)18(24)21-17/h2-3,6-7,13H,4-5,8-11H2,1H3,(H,20,21,24)/t13-/m1/s1. The normalized spacial score (nSPS) is 18.7. The van der Waals surface area contributed by atoms with Gasteiger partial charge in [0, 0.05) is 19.9 Å². The molecule has 25 heavy (non-hydrogen) atoms. The summed E-state index contributed by atoms with van der Waals surface area (Å²) in [5, 5.41) is 4.63. The van der Waals surface area contributed by atoms with Crippen molar-refractivity contribution in [1.82, 2.24) is 25.0 Å². The molecule has 1 atom stereocenters. The first-order valence-corrected chi connectivity index (χ1v) is 8.67. The molecule has 1 aromatic carbocycles. The first kappa shape index (κ1) is 16.0. The average molecular weight is 339 g/mol. The number of likely N-dealkylation sites (tertiary alicyclic amines) is 1. The molecule has 4 rings (SSSR count). The van der Waals surface area contributed by atoms with Gasteiger partial charge in [0.25, 0.3) is 5.56 Å². The molecule has 0 unspecified atom stereocenters. The van der Waals surface area contributed by atoms with Crippen molar-refractivity contribution >= 4 is 10.9 Å². The minimum Gasteiger partial charge on any atom is -0.340 e. The van der Waals surface area contributed by atoms with Crippen LogP contribution in [0.2, 0.25) is 0 Å². The molecule has 7 nitrogen and oxygen atoms in total. The molecule has 0 saturated carbocycles. The maximum absolute atomic E-state index is 12.2. The summed E-state index contributed by atoms with van der Waals surface area (Å²) in [6.07, 6.45) is 3.11. The first-order valence-electron chi connectivity index (χ1n) is 8.67. The van der Waals surface area contributed by atoms with Crippen molar-refractivity contribution < 1.29 is 4.52 Å². The van der Waals surface area contributed by atoms with Gasteiger partial charge in [-0.05, 0) is 37.4 Å². The second kappa shape index (κ2) is 6.76. The van der Waals surface area contributed by atoms with E-state index in [0.29, 0.717) is 23.7 Å². The van der Waals surface area contributed by atoms with Crippen molar-refractivity contribution in [1.29, 1.82) is 0 Å². The van der Waals surface area contributed by atoms with Gasteiger partial charge in [0.1, 0.15) is 5.82 Å². The predicted octanol–water partition coefficient (Wildman–Crippen LogP) is 2.07. The summed E-state index contributed by atoms with van der Waals surface area (Å²) in [7, 11) is 0. The number of aromatic amines is 1. The summed E-state index contributed by atoms with van der Waals surface area (Å²) in [6.45, 7) is 4.43. The van der Waals surface area contributed by atoms with Gasteiger partial charge < -0.3 is 9.51 Å². The van der Waals surface area contributed by atoms with Crippen molar-refractivity contribution in [2.75, 3.05) is 13.1 Å². The summed E-state index contributed by atoms with van der Waals surface area (Å²) in [5.41, 5.74) is 0.675. The van der Waals surface area contributed by atoms with Crippen LogP contribution in [0.5, 0.6) is 0 Å². The van der Waals surface area contributed by atoms with Crippen molar-refractivity contribution in [3.05, 3.63) is 52.2 Å². The molecule has 0 bridgehead atoms. The van der Waals surface area contributed by atoms with Crippen LogP contribution in [0.15, 0.2) is 33.6 Å². The van der Waals surface area contributed by atoms with Gasteiger partial charge in [0.15, 0.2) is 5.82 Å². The Kier molecular flexibility index (Phi) is 4.31. The van der Waals surface area contributed by atoms with Crippen LogP contribution in [0, 0.1) is 12.8 Å². The molecule has 3 heterocycles. The van der Waals surface area contributed by atoms with E-state index in [2.05, 4.69) is 25.0 Å². The summed E-state index contributed by atoms with van der Waals surface area (Å²) in [4.78, 5) is 26.4. The number of hydrogen-bond acceptors (Lipinski definition) is 6. The van der Waals surface area contributed by atoms with E-state index >= 15 is 0 Å². The molecule has 1 saturated heterocycles. The van der Waals surface area contributed by atoms with Crippen molar-refractivity contribution in [3.8, 4) is 0 Å². The van der Waals surface area contributed by atoms with Crippen molar-refractivity contribution in [2.24, 2.45) is 5.92 Å². The molecule has 1 aliphatic heterocycles. The minimum atomic E-state index is -0.0727. The van der Waals surface area contributed by atoms with Crippen LogP contribution in [0.25, 0.3) is 10.9 Å². The highest BCUT2D eigenvalue weighted by Crippen LogP contribution is 2.21. The number of rotatable bonds is 4. The molecule has 1 aliphatic rings. The maximum Gasteiger partial charge on any atom is 0.258 e. The van der Waals surface area contributed by atoms with Gasteiger partial charge in [0.2, 0.25) is 5.89 Å². The van der Waals surface area contributed by atoms with Crippen LogP contribution >= 0.6 is 0 Å². The van der Waals surface area contributed by atoms with E-state index in [-0.39, 0.29) is 5.56 Å². The van der Waals surface area contributed by atoms with Gasteiger partial charge in [-0.3, -0.25) is 9.69 Å². The third-order valence-corrected chi connectivity index (χ3v) is 4.68. The Labute approximate surface area is 145 Å². The maximum atomic E-state index is 12.2. The highest BCUT2D eigenvalue weighted by Gasteiger charge is 2.22. The molecule has 3 aromatic rings. The molecule has 130 valence electrons. The Morgan fingerprint density at radius 1 is 1.32 bits per heavy atom. The predicted molar refractivity (Wildman–Crippen MR) is 93.1 cm³/mol. The first-order chi connectivity index (χ1) is 12.2. The molecule has 2 aromatic heterocycles. The number of para-hydroxylation sites is 1. The summed E-state index contributed by atoms with van der Waals surface area (Å²) < 4.78 is 5.06. The number of hydrogen-bond donors (Lipinski definition) is 1. The number of benzene rings is 1. The lowest BCUT2D eigenvalue weighted by Gasteiger charge is -2.31. The molecule has 1 fully saturated rings. The number of nitrogens with one attached hydrogen (secondary N) is 1. The molecule has 1 N–H and O–H groups in total. The second-order valence-electron chi connectivity index (χ2n) is 6.71. The van der Waals surface area contributed by atoms with E-state index in [1.165, 1.54) is 0 Å². The van der Waals surface area contributed by atoms with E-state index in [4.69, 9.17) is 4.52 Å². The molecule has 0 radical (unpaired) electrons. The van der Waals surface area contributed by atoms with Crippen LogP contribution in [0.1, 0.15) is 30.4 Å². The lowest BCUT2D eigenvalue weighted by molar-refractivity contribution is 0.162. The monoisotopic (exact) mass is 339 g/mol. The number of piperidine rings is 1. The van der Waals surface area contributed by atoms with Crippen LogP contribution in [0.4, 0.5) is 0 Å². The Morgan fingerprint density at radius 2 is 2.20 bits per heavy atom. The Morgan fingerprint density at radius 3 is 3.04 bits per heavy atom. The number of aromatic nitrogens is 4. The fourth-order valence-corrected chi connectivity index (χ4v) is 3.57. The van der Waals surface area contributed by atoms with Gasteiger partial charge in [-0.2, -0.15) is 4.98 Å². The summed E-state index contributed by atoms with van der Waals surface area (Å²) in [5.74, 6) is 2.61. The quantitative estimate of drug-likeness (QED) is 0.783. The molecular formula is C18H21N5O2. The molecule has 7 heteroatoms. The van der Waals surface area contributed by atoms with Crippen LogP contribution in [-0.2, 0) is 13.0 Å². The fraction of sp³-hybridized carbons (Fsp3) is 0.444. The minimum absolute atomic E-state index is 0.0727. The fourth-order valence-electron chi connectivity index (χ4n) is 3.57. The third-order valence-electron chi connectivity index (χ3n) is 4.68. The van der Waals surface area contributed by atoms with Gasteiger partial charge in [-0.15, -0.1) is 0 Å². The van der Waals surface area contributed by atoms with Crippen LogP contribution in [0.3, 0.4) is 0 Å². The molecule has 0 aliphatic carbocycles. The number of aryl methyl sites for hydroxylation is 1. The van der Waals surface area contributed by atoms with E-state index < -0.39 is 0 Å². The summed E-state index contributed by atoms with van der Waals surface area (Å²) >= 11 is 0. The molecule has 0 amide bonds. The van der Waals surface area contributed by atoms with E-state index in [1.54, 1.807) is 6.07 Å². The highest BCUT2D eigenvalue weighted by atomic mass is 16.5. The Balaban J connectivity index is 1.46. The topological polar surface area (TPSA) is 87.9 Å². The number of H-pyrrole nitrogens is 1. The van der Waals surface area contributed by atoms with Crippen molar-refractivity contribution in [2.45, 2.75) is 32.7 Å². The zero-order chi connectivity index (χ0) is 17.2. The molecular weight excluding hydrogens is 318 g/mol. The van der Waals surface area contributed by atoms with E-state index in [9.17, 15) is 4.79 Å². The number of nitrogens with zero attached hydrogens (tertiary/aromatic N) is 4. The van der Waals surface area contributed by atoms with E-state index in [0.717, 1.165) is 49.5 Å². The lowest BCUT2D eigenvalue weighted by atomic mass is 9.94. The van der Waals surface area contributed by atoms with Gasteiger partial charge in [0.05, 0.1) is 17.4 Å². The average Bonchev–Trinajstić information content (AvgIpc) is 3.00. The van der Waals surface area contributed by atoms with Crippen LogP contribution < -0.4 is 5.56 Å².